The maximum absolute atomic E-state index is 6.27. The van der Waals surface area contributed by atoms with E-state index in [-0.39, 0.29) is 0 Å². The van der Waals surface area contributed by atoms with Crippen LogP contribution in [0, 0.1) is 0 Å². The van der Waals surface area contributed by atoms with Gasteiger partial charge in [0, 0.05) is 11.8 Å². The maximum atomic E-state index is 6.27. The summed E-state index contributed by atoms with van der Waals surface area (Å²) in [6.07, 6.45) is 3.74. The van der Waals surface area contributed by atoms with Crippen LogP contribution in [0.2, 0.25) is 10.0 Å². The predicted molar refractivity (Wildman–Crippen MR) is 84.6 cm³/mol. The highest BCUT2D eigenvalue weighted by Crippen LogP contribution is 2.37. The van der Waals surface area contributed by atoms with Gasteiger partial charge in [0.2, 0.25) is 0 Å². The van der Waals surface area contributed by atoms with Gasteiger partial charge in [0.05, 0.1) is 28.5 Å². The zero-order valence-electron chi connectivity index (χ0n) is 11.4. The minimum atomic E-state index is 0.576. The van der Waals surface area contributed by atoms with Crippen LogP contribution in [-0.2, 0) is 12.8 Å². The molecule has 21 heavy (non-hydrogen) atoms. The second-order valence-corrected chi connectivity index (χ2v) is 5.97. The first-order chi connectivity index (χ1) is 10.2. The molecule has 0 amide bonds. The summed E-state index contributed by atoms with van der Waals surface area (Å²) < 4.78 is 7.30. The number of benzene rings is 1. The van der Waals surface area contributed by atoms with Crippen LogP contribution in [0.3, 0.4) is 0 Å². The van der Waals surface area contributed by atoms with Crippen LogP contribution >= 0.6 is 23.2 Å². The summed E-state index contributed by atoms with van der Waals surface area (Å²) in [6.45, 7) is 0. The number of aromatic nitrogens is 2. The Morgan fingerprint density at radius 3 is 2.86 bits per heavy atom. The third-order valence-corrected chi connectivity index (χ3v) is 4.42. The zero-order chi connectivity index (χ0) is 14.6. The Balaban J connectivity index is 2.01. The van der Waals surface area contributed by atoms with E-state index in [1.54, 1.807) is 13.2 Å². The lowest BCUT2D eigenvalue weighted by atomic mass is 9.92. The van der Waals surface area contributed by atoms with Crippen LogP contribution in [0.15, 0.2) is 30.5 Å². The van der Waals surface area contributed by atoms with E-state index in [0.717, 1.165) is 41.2 Å². The van der Waals surface area contributed by atoms with Crippen LogP contribution in [0.5, 0.6) is 5.75 Å². The number of methoxy groups -OCH3 is 1. The Labute approximate surface area is 132 Å². The highest BCUT2D eigenvalue weighted by molar-refractivity contribution is 6.36. The van der Waals surface area contributed by atoms with Crippen molar-refractivity contribution in [3.63, 3.8) is 0 Å². The molecular formula is C16H12Cl2N2O. The third-order valence-electron chi connectivity index (χ3n) is 3.94. The minimum absolute atomic E-state index is 0.576. The monoisotopic (exact) mass is 318 g/mol. The Morgan fingerprint density at radius 2 is 2.05 bits per heavy atom. The van der Waals surface area contributed by atoms with Crippen LogP contribution < -0.4 is 4.74 Å². The molecule has 2 aromatic heterocycles. The van der Waals surface area contributed by atoms with Gasteiger partial charge in [-0.3, -0.25) is 0 Å². The number of nitrogens with zero attached hydrogens (tertiary/aromatic N) is 2. The molecule has 4 rings (SSSR count). The second kappa shape index (κ2) is 4.65. The van der Waals surface area contributed by atoms with E-state index in [4.69, 9.17) is 32.9 Å². The van der Waals surface area contributed by atoms with E-state index < -0.39 is 0 Å². The molecule has 0 bridgehead atoms. The first-order valence-corrected chi connectivity index (χ1v) is 7.46. The number of halogens is 2. The predicted octanol–water partition coefficient (Wildman–Crippen LogP) is 4.42. The Bertz CT molecular complexity index is 870. The first-order valence-electron chi connectivity index (χ1n) is 6.70. The van der Waals surface area contributed by atoms with E-state index in [1.807, 2.05) is 16.7 Å². The van der Waals surface area contributed by atoms with E-state index in [1.165, 1.54) is 5.56 Å². The largest absolute Gasteiger partial charge is 0.497 e. The summed E-state index contributed by atoms with van der Waals surface area (Å²) in [7, 11) is 1.68. The molecule has 0 saturated carbocycles. The molecule has 5 heteroatoms. The minimum Gasteiger partial charge on any atom is -0.497 e. The third kappa shape index (κ3) is 1.92. The average molecular weight is 319 g/mol. The summed E-state index contributed by atoms with van der Waals surface area (Å²) in [5.74, 6) is 0.877. The van der Waals surface area contributed by atoms with Gasteiger partial charge in [0.25, 0.3) is 0 Å². The lowest BCUT2D eigenvalue weighted by Gasteiger charge is -2.16. The molecular weight excluding hydrogens is 307 g/mol. The lowest BCUT2D eigenvalue weighted by molar-refractivity contribution is 0.414. The van der Waals surface area contributed by atoms with Crippen LogP contribution in [0.25, 0.3) is 16.9 Å². The number of rotatable bonds is 1. The van der Waals surface area contributed by atoms with Gasteiger partial charge in [-0.1, -0.05) is 23.2 Å². The van der Waals surface area contributed by atoms with E-state index in [9.17, 15) is 0 Å². The Morgan fingerprint density at radius 1 is 1.19 bits per heavy atom. The average Bonchev–Trinajstić information content (AvgIpc) is 2.86. The molecule has 0 saturated heterocycles. The molecule has 2 heterocycles. The fourth-order valence-corrected chi connectivity index (χ4v) is 3.48. The van der Waals surface area contributed by atoms with Gasteiger partial charge in [-0.25, -0.2) is 4.98 Å². The van der Waals surface area contributed by atoms with Crippen molar-refractivity contribution in [2.75, 3.05) is 7.11 Å². The number of aryl methyl sites for hydroxylation is 2. The topological polar surface area (TPSA) is 26.5 Å². The molecule has 0 spiro atoms. The second-order valence-electron chi connectivity index (χ2n) is 5.13. The van der Waals surface area contributed by atoms with Gasteiger partial charge in [-0.05, 0) is 42.7 Å². The Hall–Kier alpha value is -1.71. The van der Waals surface area contributed by atoms with Crippen LogP contribution in [0.4, 0.5) is 0 Å². The van der Waals surface area contributed by atoms with Gasteiger partial charge < -0.3 is 9.14 Å². The normalized spacial score (nSPS) is 13.1. The number of imidazole rings is 1. The van der Waals surface area contributed by atoms with Crippen molar-refractivity contribution in [3.05, 3.63) is 51.8 Å². The number of pyridine rings is 1. The van der Waals surface area contributed by atoms with Crippen molar-refractivity contribution in [2.24, 2.45) is 0 Å². The molecule has 1 aromatic carbocycles. The van der Waals surface area contributed by atoms with Gasteiger partial charge in [0.1, 0.15) is 5.75 Å². The van der Waals surface area contributed by atoms with Gasteiger partial charge in [-0.15, -0.1) is 0 Å². The molecule has 3 nitrogen and oxygen atoms in total. The highest BCUT2D eigenvalue weighted by atomic mass is 35.5. The summed E-state index contributed by atoms with van der Waals surface area (Å²) in [5, 5.41) is 1.19. The molecule has 0 fully saturated rings. The maximum Gasteiger partial charge on any atom is 0.156 e. The molecule has 0 aliphatic heterocycles. The van der Waals surface area contributed by atoms with Crippen LogP contribution in [0.1, 0.15) is 11.3 Å². The van der Waals surface area contributed by atoms with Crippen molar-refractivity contribution in [1.29, 1.82) is 0 Å². The molecule has 0 atom stereocenters. The number of hydrogen-bond donors (Lipinski definition) is 0. The SMILES string of the molecule is COc1ccc2c(c1)CCc1c-2nc2c(Cl)cc(Cl)cn12. The van der Waals surface area contributed by atoms with Gasteiger partial charge in [-0.2, -0.15) is 0 Å². The number of ether oxygens (including phenoxy) is 1. The fourth-order valence-electron chi connectivity index (χ4n) is 2.96. The molecule has 0 N–H and O–H groups in total. The van der Waals surface area contributed by atoms with Crippen molar-refractivity contribution in [3.8, 4) is 17.0 Å². The molecule has 1 aliphatic rings. The first kappa shape index (κ1) is 13.0. The van der Waals surface area contributed by atoms with Crippen molar-refractivity contribution in [2.45, 2.75) is 12.8 Å². The summed E-state index contributed by atoms with van der Waals surface area (Å²) >= 11 is 12.4. The Kier molecular flexibility index (Phi) is 2.88. The summed E-state index contributed by atoms with van der Waals surface area (Å²) in [4.78, 5) is 4.72. The summed E-state index contributed by atoms with van der Waals surface area (Å²) in [6, 6.07) is 7.84. The molecule has 106 valence electrons. The van der Waals surface area contributed by atoms with Gasteiger partial charge in [0.15, 0.2) is 5.65 Å². The standard InChI is InChI=1S/C16H12Cl2N2O/c1-21-11-3-4-12-9(6-11)2-5-14-15(12)19-16-13(18)7-10(17)8-20(14)16/h3-4,6-8H,2,5H2,1H3. The molecule has 3 aromatic rings. The highest BCUT2D eigenvalue weighted by Gasteiger charge is 2.23. The lowest BCUT2D eigenvalue weighted by Crippen LogP contribution is -2.05. The number of fused-ring (bicyclic) bond motifs is 5. The van der Waals surface area contributed by atoms with Crippen LogP contribution in [-0.4, -0.2) is 16.5 Å². The van der Waals surface area contributed by atoms with Crippen molar-refractivity contribution >= 4 is 28.8 Å². The van der Waals surface area contributed by atoms with Gasteiger partial charge >= 0.3 is 0 Å². The van der Waals surface area contributed by atoms with E-state index in [0.29, 0.717) is 10.0 Å². The molecule has 1 aliphatic carbocycles. The number of hydrogen-bond acceptors (Lipinski definition) is 2. The van der Waals surface area contributed by atoms with Crippen molar-refractivity contribution in [1.82, 2.24) is 9.38 Å². The fraction of sp³-hybridized carbons (Fsp3) is 0.188. The van der Waals surface area contributed by atoms with E-state index in [2.05, 4.69) is 12.1 Å². The molecule has 0 radical (unpaired) electrons. The smallest absolute Gasteiger partial charge is 0.156 e. The summed E-state index contributed by atoms with van der Waals surface area (Å²) in [5.41, 5.74) is 5.31. The molecule has 0 unspecified atom stereocenters. The van der Waals surface area contributed by atoms with E-state index >= 15 is 0 Å². The zero-order valence-corrected chi connectivity index (χ0v) is 12.9. The van der Waals surface area contributed by atoms with Crippen molar-refractivity contribution < 1.29 is 4.74 Å². The quantitative estimate of drug-likeness (QED) is 0.664.